The van der Waals surface area contributed by atoms with Crippen molar-refractivity contribution in [2.24, 2.45) is 10.1 Å². The molecule has 8 nitrogen and oxygen atoms in total. The van der Waals surface area contributed by atoms with Crippen molar-refractivity contribution in [3.8, 4) is 0 Å². The maximum Gasteiger partial charge on any atom is 0.276 e. The Bertz CT molecular complexity index is 1100. The van der Waals surface area contributed by atoms with E-state index in [0.717, 1.165) is 5.75 Å². The number of rotatable bonds is 3. The number of fused-ring (bicyclic) bond motifs is 2. The molecule has 2 aromatic rings. The van der Waals surface area contributed by atoms with Crippen LogP contribution in [0.25, 0.3) is 5.70 Å². The normalized spacial score (nSPS) is 18.0. The van der Waals surface area contributed by atoms with Gasteiger partial charge in [0.25, 0.3) is 11.6 Å². The summed E-state index contributed by atoms with van der Waals surface area (Å²) in [6, 6.07) is 13.6. The predicted octanol–water partition coefficient (Wildman–Crippen LogP) is 1.49. The van der Waals surface area contributed by atoms with Crippen LogP contribution in [0.2, 0.25) is 0 Å². The molecule has 2 aliphatic heterocycles. The van der Waals surface area contributed by atoms with Gasteiger partial charge in [-0.3, -0.25) is 25.2 Å². The van der Waals surface area contributed by atoms with Gasteiger partial charge in [-0.2, -0.15) is 0 Å². The Labute approximate surface area is 158 Å². The van der Waals surface area contributed by atoms with Crippen LogP contribution in [0.1, 0.15) is 18.7 Å². The number of amides is 1. The summed E-state index contributed by atoms with van der Waals surface area (Å²) in [6.07, 6.45) is -0.659. The number of amidine groups is 1. The molecule has 2 aromatic carbocycles. The van der Waals surface area contributed by atoms with Crippen molar-refractivity contribution in [3.63, 3.8) is 0 Å². The lowest BCUT2D eigenvalue weighted by atomic mass is 10.1. The molecule has 1 atom stereocenters. The second-order valence-electron chi connectivity index (χ2n) is 5.86. The molecule has 1 amide bonds. The first-order valence-corrected chi connectivity index (χ1v) is 9.30. The molecule has 1 N–H and O–H groups in total. The summed E-state index contributed by atoms with van der Waals surface area (Å²) >= 11 is 1.41. The lowest BCUT2D eigenvalue weighted by Gasteiger charge is -2.33. The molecule has 0 aliphatic carbocycles. The molecule has 0 saturated carbocycles. The van der Waals surface area contributed by atoms with Crippen molar-refractivity contribution in [3.05, 3.63) is 74.8 Å². The molecule has 2 aliphatic rings. The lowest BCUT2D eigenvalue weighted by Crippen LogP contribution is -2.50. The number of hydrazone groups is 1. The van der Waals surface area contributed by atoms with E-state index in [1.54, 1.807) is 17.1 Å². The van der Waals surface area contributed by atoms with Crippen molar-refractivity contribution in [1.29, 1.82) is 0 Å². The summed E-state index contributed by atoms with van der Waals surface area (Å²) in [4.78, 5) is 28.2. The van der Waals surface area contributed by atoms with E-state index in [1.807, 2.05) is 31.2 Å². The average molecular weight is 381 g/mol. The molecule has 4 rings (SSSR count). The van der Waals surface area contributed by atoms with Gasteiger partial charge in [0.2, 0.25) is 0 Å². The van der Waals surface area contributed by atoms with E-state index in [4.69, 9.17) is 4.99 Å². The number of carbonyl (C=O) groups excluding carboxylic acids is 1. The molecule has 0 saturated heterocycles. The second kappa shape index (κ2) is 6.84. The van der Waals surface area contributed by atoms with Gasteiger partial charge in [-0.1, -0.05) is 49.0 Å². The van der Waals surface area contributed by atoms with E-state index in [1.165, 1.54) is 23.9 Å². The Morgan fingerprint density at radius 3 is 2.85 bits per heavy atom. The molecule has 0 fully saturated rings. The first-order chi connectivity index (χ1) is 13.1. The van der Waals surface area contributed by atoms with Gasteiger partial charge in [-0.25, -0.2) is 5.01 Å². The van der Waals surface area contributed by atoms with Crippen LogP contribution in [0.5, 0.6) is 0 Å². The number of thioether (sulfide) groups is 1. The summed E-state index contributed by atoms with van der Waals surface area (Å²) in [6.45, 7) is 1.96. The van der Waals surface area contributed by atoms with E-state index < -0.39 is 11.1 Å². The first-order valence-electron chi connectivity index (χ1n) is 8.32. The zero-order valence-corrected chi connectivity index (χ0v) is 15.1. The number of benzene rings is 2. The maximum atomic E-state index is 12.8. The molecular formula is C18H15N5O3S. The van der Waals surface area contributed by atoms with Gasteiger partial charge in [0.05, 0.1) is 10.3 Å². The Morgan fingerprint density at radius 2 is 2.07 bits per heavy atom. The molecule has 0 spiro atoms. The van der Waals surface area contributed by atoms with Crippen LogP contribution < -0.4 is 15.9 Å². The molecule has 9 heteroatoms. The van der Waals surface area contributed by atoms with Crippen molar-refractivity contribution in [2.75, 3.05) is 5.75 Å². The van der Waals surface area contributed by atoms with Gasteiger partial charge in [0, 0.05) is 22.9 Å². The van der Waals surface area contributed by atoms with Gasteiger partial charge >= 0.3 is 0 Å². The third-order valence-corrected chi connectivity index (χ3v) is 4.92. The van der Waals surface area contributed by atoms with Gasteiger partial charge in [0.15, 0.2) is 11.3 Å². The number of nitro benzene ring substituents is 1. The van der Waals surface area contributed by atoms with Crippen LogP contribution >= 0.6 is 11.8 Å². The molecule has 136 valence electrons. The van der Waals surface area contributed by atoms with Crippen LogP contribution in [0, 0.1) is 10.1 Å². The fourth-order valence-electron chi connectivity index (χ4n) is 3.05. The highest BCUT2D eigenvalue weighted by atomic mass is 32.2. The minimum absolute atomic E-state index is 0.0308. The smallest absolute Gasteiger partial charge is 0.276 e. The molecule has 0 radical (unpaired) electrons. The number of non-ortho nitro benzene ring substituents is 1. The van der Waals surface area contributed by atoms with E-state index in [2.05, 4.69) is 10.4 Å². The van der Waals surface area contributed by atoms with E-state index in [9.17, 15) is 14.9 Å². The Balaban J connectivity index is 1.94. The SMILES string of the molecule is CCSC1=NN2C(=c3ccccc3=N[C@@H]2c2cccc([N+](=O)[O-])c2)C(=O)N1. The van der Waals surface area contributed by atoms with E-state index >= 15 is 0 Å². The highest BCUT2D eigenvalue weighted by Crippen LogP contribution is 2.32. The monoisotopic (exact) mass is 381 g/mol. The van der Waals surface area contributed by atoms with E-state index in [-0.39, 0.29) is 11.6 Å². The summed E-state index contributed by atoms with van der Waals surface area (Å²) in [5, 5.41) is 21.9. The number of hydrogen-bond donors (Lipinski definition) is 1. The highest BCUT2D eigenvalue weighted by molar-refractivity contribution is 8.13. The lowest BCUT2D eigenvalue weighted by molar-refractivity contribution is -0.384. The summed E-state index contributed by atoms with van der Waals surface area (Å²) in [5.41, 5.74) is 0.949. The Morgan fingerprint density at radius 1 is 1.26 bits per heavy atom. The van der Waals surface area contributed by atoms with Crippen LogP contribution in [-0.4, -0.2) is 26.8 Å². The van der Waals surface area contributed by atoms with Gasteiger partial charge in [-0.15, -0.1) is 5.10 Å². The summed E-state index contributed by atoms with van der Waals surface area (Å²) in [7, 11) is 0. The zero-order valence-electron chi connectivity index (χ0n) is 14.3. The number of nitrogens with one attached hydrogen (secondary N) is 1. The van der Waals surface area contributed by atoms with Crippen molar-refractivity contribution in [1.82, 2.24) is 10.3 Å². The number of nitro groups is 1. The highest BCUT2D eigenvalue weighted by Gasteiger charge is 2.34. The summed E-state index contributed by atoms with van der Waals surface area (Å²) < 4.78 is 0. The Hall–Kier alpha value is -3.20. The minimum Gasteiger partial charge on any atom is -0.298 e. The first kappa shape index (κ1) is 17.2. The number of nitrogens with zero attached hydrogens (tertiary/aromatic N) is 4. The third kappa shape index (κ3) is 3.06. The van der Waals surface area contributed by atoms with Crippen molar-refractivity contribution < 1.29 is 9.72 Å². The summed E-state index contributed by atoms with van der Waals surface area (Å²) in [5.74, 6) is 0.482. The molecule has 0 bridgehead atoms. The number of carbonyl (C=O) groups is 1. The molecular weight excluding hydrogens is 366 g/mol. The van der Waals surface area contributed by atoms with Gasteiger partial charge < -0.3 is 0 Å². The zero-order chi connectivity index (χ0) is 19.0. The predicted molar refractivity (Wildman–Crippen MR) is 102 cm³/mol. The van der Waals surface area contributed by atoms with Crippen LogP contribution in [0.3, 0.4) is 0 Å². The number of hydrogen-bond acceptors (Lipinski definition) is 7. The number of para-hydroxylation sites is 1. The maximum absolute atomic E-state index is 12.8. The quantitative estimate of drug-likeness (QED) is 0.641. The average Bonchev–Trinajstić information content (AvgIpc) is 2.67. The van der Waals surface area contributed by atoms with Gasteiger partial charge in [0.1, 0.15) is 5.70 Å². The van der Waals surface area contributed by atoms with Crippen molar-refractivity contribution >= 4 is 34.2 Å². The third-order valence-electron chi connectivity index (χ3n) is 4.18. The molecule has 27 heavy (non-hydrogen) atoms. The topological polar surface area (TPSA) is 100 Å². The second-order valence-corrected chi connectivity index (χ2v) is 7.11. The minimum atomic E-state index is -0.659. The standard InChI is InChI=1S/C18H15N5O3S/c1-2-27-18-20-17(24)15-13-8-3-4-9-14(13)19-16(22(15)21-18)11-6-5-7-12(10-11)23(25)26/h3-10,16H,2H2,1H3,(H,20,21,24)/t16-/m0/s1. The molecule has 0 aromatic heterocycles. The fraction of sp³-hybridized carbons (Fsp3) is 0.167. The van der Waals surface area contributed by atoms with Crippen LogP contribution in [0.15, 0.2) is 58.6 Å². The largest absolute Gasteiger partial charge is 0.298 e. The van der Waals surface area contributed by atoms with Crippen LogP contribution in [-0.2, 0) is 4.79 Å². The van der Waals surface area contributed by atoms with Crippen molar-refractivity contribution in [2.45, 2.75) is 13.1 Å². The van der Waals surface area contributed by atoms with Gasteiger partial charge in [-0.05, 0) is 11.8 Å². The molecule has 2 heterocycles. The van der Waals surface area contributed by atoms with E-state index in [0.29, 0.717) is 27.0 Å². The Kier molecular flexibility index (Phi) is 4.36. The van der Waals surface area contributed by atoms with Crippen LogP contribution in [0.4, 0.5) is 5.69 Å². The molecule has 0 unspecified atom stereocenters. The fourth-order valence-corrected chi connectivity index (χ4v) is 3.63.